The minimum absolute atomic E-state index is 0.408. The van der Waals surface area contributed by atoms with Crippen molar-refractivity contribution in [3.8, 4) is 5.88 Å². The van der Waals surface area contributed by atoms with Crippen LogP contribution in [0.2, 0.25) is 0 Å². The first kappa shape index (κ1) is 13.3. The molecular formula is C15H24N2O. The highest BCUT2D eigenvalue weighted by molar-refractivity contribution is 5.26. The van der Waals surface area contributed by atoms with Gasteiger partial charge in [0.1, 0.15) is 0 Å². The highest BCUT2D eigenvalue weighted by Crippen LogP contribution is 2.26. The topological polar surface area (TPSA) is 48.1 Å². The Kier molecular flexibility index (Phi) is 4.59. The van der Waals surface area contributed by atoms with E-state index in [9.17, 15) is 0 Å². The summed E-state index contributed by atoms with van der Waals surface area (Å²) in [6.45, 7) is 5.63. The molecule has 2 N–H and O–H groups in total. The van der Waals surface area contributed by atoms with Crippen LogP contribution in [0.3, 0.4) is 0 Å². The van der Waals surface area contributed by atoms with Gasteiger partial charge in [-0.05, 0) is 36.3 Å². The fourth-order valence-electron chi connectivity index (χ4n) is 2.45. The van der Waals surface area contributed by atoms with E-state index in [4.69, 9.17) is 10.5 Å². The normalized spacial score (nSPS) is 16.4. The maximum Gasteiger partial charge on any atom is 0.213 e. The third-order valence-corrected chi connectivity index (χ3v) is 3.65. The summed E-state index contributed by atoms with van der Waals surface area (Å²) in [7, 11) is 0. The molecule has 0 aromatic carbocycles. The summed E-state index contributed by atoms with van der Waals surface area (Å²) < 4.78 is 5.86. The molecule has 3 nitrogen and oxygen atoms in total. The second kappa shape index (κ2) is 6.19. The first-order chi connectivity index (χ1) is 8.69. The number of rotatable bonds is 5. The molecule has 0 spiro atoms. The molecule has 100 valence electrons. The van der Waals surface area contributed by atoms with E-state index in [1.165, 1.54) is 25.7 Å². The molecule has 1 aromatic heterocycles. The van der Waals surface area contributed by atoms with Crippen LogP contribution in [-0.2, 0) is 6.54 Å². The molecule has 1 heterocycles. The van der Waals surface area contributed by atoms with Crippen LogP contribution >= 0.6 is 0 Å². The zero-order valence-corrected chi connectivity index (χ0v) is 11.5. The van der Waals surface area contributed by atoms with Gasteiger partial charge in [-0.2, -0.15) is 0 Å². The van der Waals surface area contributed by atoms with Crippen LogP contribution < -0.4 is 10.5 Å². The number of aromatic nitrogens is 1. The molecule has 1 aliphatic carbocycles. The number of pyridine rings is 1. The molecule has 0 bridgehead atoms. The van der Waals surface area contributed by atoms with Crippen LogP contribution in [0.15, 0.2) is 12.1 Å². The molecule has 1 aromatic rings. The van der Waals surface area contributed by atoms with Gasteiger partial charge in [0, 0.05) is 18.3 Å². The molecular weight excluding hydrogens is 224 g/mol. The van der Waals surface area contributed by atoms with E-state index in [-0.39, 0.29) is 0 Å². The zero-order chi connectivity index (χ0) is 13.0. The van der Waals surface area contributed by atoms with Gasteiger partial charge in [-0.1, -0.05) is 26.7 Å². The van der Waals surface area contributed by atoms with Gasteiger partial charge in [0.15, 0.2) is 0 Å². The molecule has 1 saturated carbocycles. The third-order valence-electron chi connectivity index (χ3n) is 3.65. The molecule has 0 unspecified atom stereocenters. The molecule has 0 saturated heterocycles. The van der Waals surface area contributed by atoms with E-state index >= 15 is 0 Å². The van der Waals surface area contributed by atoms with Crippen molar-refractivity contribution >= 4 is 0 Å². The summed E-state index contributed by atoms with van der Waals surface area (Å²) in [5.41, 5.74) is 7.90. The molecule has 0 atom stereocenters. The van der Waals surface area contributed by atoms with E-state index in [2.05, 4.69) is 24.9 Å². The van der Waals surface area contributed by atoms with Gasteiger partial charge >= 0.3 is 0 Å². The highest BCUT2D eigenvalue weighted by Gasteiger charge is 2.16. The highest BCUT2D eigenvalue weighted by atomic mass is 16.5. The molecule has 1 fully saturated rings. The van der Waals surface area contributed by atoms with Crippen molar-refractivity contribution in [1.29, 1.82) is 0 Å². The lowest BCUT2D eigenvalue weighted by atomic mass is 10.1. The van der Waals surface area contributed by atoms with Crippen molar-refractivity contribution in [2.24, 2.45) is 11.7 Å². The predicted octanol–water partition coefficient (Wildman–Crippen LogP) is 3.23. The van der Waals surface area contributed by atoms with Crippen molar-refractivity contribution in [2.75, 3.05) is 6.61 Å². The largest absolute Gasteiger partial charge is 0.477 e. The van der Waals surface area contributed by atoms with Crippen molar-refractivity contribution < 1.29 is 4.74 Å². The first-order valence-corrected chi connectivity index (χ1v) is 7.02. The Balaban J connectivity index is 2.03. The number of ether oxygens (including phenoxy) is 1. The van der Waals surface area contributed by atoms with Crippen LogP contribution in [0, 0.1) is 5.92 Å². The van der Waals surface area contributed by atoms with Crippen molar-refractivity contribution in [3.05, 3.63) is 23.4 Å². The molecule has 0 aliphatic heterocycles. The SMILES string of the molecule is CC(C)c1cc(CN)cc(OCC2CCCC2)n1. The Hall–Kier alpha value is -1.09. The smallest absolute Gasteiger partial charge is 0.213 e. The summed E-state index contributed by atoms with van der Waals surface area (Å²) in [4.78, 5) is 4.56. The van der Waals surface area contributed by atoms with Crippen molar-refractivity contribution in [1.82, 2.24) is 4.98 Å². The Morgan fingerprint density at radius 1 is 1.33 bits per heavy atom. The van der Waals surface area contributed by atoms with Gasteiger partial charge in [0.05, 0.1) is 6.61 Å². The summed E-state index contributed by atoms with van der Waals surface area (Å²) in [6, 6.07) is 4.05. The van der Waals surface area contributed by atoms with Gasteiger partial charge < -0.3 is 10.5 Å². The predicted molar refractivity (Wildman–Crippen MR) is 73.7 cm³/mol. The van der Waals surface area contributed by atoms with Crippen LogP contribution in [0.25, 0.3) is 0 Å². The number of hydrogen-bond donors (Lipinski definition) is 1. The minimum atomic E-state index is 0.408. The lowest BCUT2D eigenvalue weighted by molar-refractivity contribution is 0.242. The van der Waals surface area contributed by atoms with Crippen LogP contribution in [-0.4, -0.2) is 11.6 Å². The fraction of sp³-hybridized carbons (Fsp3) is 0.667. The van der Waals surface area contributed by atoms with Crippen LogP contribution in [0.1, 0.15) is 56.7 Å². The lowest BCUT2D eigenvalue weighted by Gasteiger charge is -2.14. The average Bonchev–Trinajstić information content (AvgIpc) is 2.89. The zero-order valence-electron chi connectivity index (χ0n) is 11.5. The van der Waals surface area contributed by atoms with Gasteiger partial charge in [-0.3, -0.25) is 0 Å². The Morgan fingerprint density at radius 3 is 2.67 bits per heavy atom. The Bertz CT molecular complexity index is 384. The quantitative estimate of drug-likeness (QED) is 0.870. The maximum atomic E-state index is 5.86. The van der Waals surface area contributed by atoms with Gasteiger partial charge in [0.2, 0.25) is 5.88 Å². The number of nitrogens with zero attached hydrogens (tertiary/aromatic N) is 1. The van der Waals surface area contributed by atoms with Gasteiger partial charge in [-0.25, -0.2) is 4.98 Å². The molecule has 1 aliphatic rings. The van der Waals surface area contributed by atoms with Gasteiger partial charge in [-0.15, -0.1) is 0 Å². The second-order valence-electron chi connectivity index (χ2n) is 5.56. The standard InChI is InChI=1S/C15H24N2O/c1-11(2)14-7-13(9-16)8-15(17-14)18-10-12-5-3-4-6-12/h7-8,11-12H,3-6,9-10,16H2,1-2H3. The maximum absolute atomic E-state index is 5.86. The number of hydrogen-bond acceptors (Lipinski definition) is 3. The number of nitrogens with two attached hydrogens (primary N) is 1. The molecule has 18 heavy (non-hydrogen) atoms. The fourth-order valence-corrected chi connectivity index (χ4v) is 2.45. The minimum Gasteiger partial charge on any atom is -0.477 e. The molecule has 3 heteroatoms. The Morgan fingerprint density at radius 2 is 2.06 bits per heavy atom. The van der Waals surface area contributed by atoms with Crippen molar-refractivity contribution in [3.63, 3.8) is 0 Å². The van der Waals surface area contributed by atoms with E-state index < -0.39 is 0 Å². The summed E-state index contributed by atoms with van der Waals surface area (Å²) in [6.07, 6.45) is 5.30. The lowest BCUT2D eigenvalue weighted by Crippen LogP contribution is -2.10. The van der Waals surface area contributed by atoms with Gasteiger partial charge in [0.25, 0.3) is 0 Å². The summed E-state index contributed by atoms with van der Waals surface area (Å²) in [5, 5.41) is 0. The average molecular weight is 248 g/mol. The summed E-state index contributed by atoms with van der Waals surface area (Å²) >= 11 is 0. The molecule has 0 amide bonds. The van der Waals surface area contributed by atoms with Crippen molar-refractivity contribution in [2.45, 2.75) is 52.0 Å². The second-order valence-corrected chi connectivity index (χ2v) is 5.56. The monoisotopic (exact) mass is 248 g/mol. The molecule has 2 rings (SSSR count). The summed E-state index contributed by atoms with van der Waals surface area (Å²) in [5.74, 6) is 1.87. The van der Waals surface area contributed by atoms with E-state index in [0.29, 0.717) is 12.5 Å². The van der Waals surface area contributed by atoms with Crippen LogP contribution in [0.5, 0.6) is 5.88 Å². The molecule has 0 radical (unpaired) electrons. The Labute approximate surface area is 110 Å². The van der Waals surface area contributed by atoms with E-state index in [0.717, 1.165) is 29.7 Å². The first-order valence-electron chi connectivity index (χ1n) is 7.02. The third kappa shape index (κ3) is 3.45. The van der Waals surface area contributed by atoms with E-state index in [1.807, 2.05) is 6.07 Å². The van der Waals surface area contributed by atoms with Crippen LogP contribution in [0.4, 0.5) is 0 Å². The van der Waals surface area contributed by atoms with E-state index in [1.54, 1.807) is 0 Å².